The second-order valence-corrected chi connectivity index (χ2v) is 3.48. The molecule has 4 heteroatoms. The molecule has 0 aromatic carbocycles. The number of hydrogen-bond acceptors (Lipinski definition) is 2. The lowest BCUT2D eigenvalue weighted by atomic mass is 10.0. The number of carboxylic acid groups (broad SMARTS) is 1. The Balaban J connectivity index is 2.41. The maximum Gasteiger partial charge on any atom is 0.306 e. The minimum absolute atomic E-state index is 0.278. The zero-order valence-electron chi connectivity index (χ0n) is 8.60. The molecule has 0 amide bonds. The summed E-state index contributed by atoms with van der Waals surface area (Å²) in [6.07, 6.45) is 5.23. The van der Waals surface area contributed by atoms with Gasteiger partial charge in [-0.15, -0.1) is 0 Å². The largest absolute Gasteiger partial charge is 0.481 e. The monoisotopic (exact) mass is 196 g/mol. The maximum absolute atomic E-state index is 10.6. The van der Waals surface area contributed by atoms with Gasteiger partial charge in [0.25, 0.3) is 0 Å². The number of carboxylic acids is 1. The van der Waals surface area contributed by atoms with Crippen LogP contribution in [0.5, 0.6) is 0 Å². The van der Waals surface area contributed by atoms with Gasteiger partial charge in [0, 0.05) is 12.7 Å². The molecule has 1 rings (SSSR count). The number of hydrogen-bond donors (Lipinski definition) is 1. The molecule has 0 saturated carbocycles. The minimum Gasteiger partial charge on any atom is -0.481 e. The smallest absolute Gasteiger partial charge is 0.306 e. The Kier molecular flexibility index (Phi) is 3.68. The molecule has 0 bridgehead atoms. The highest BCUT2D eigenvalue weighted by atomic mass is 16.4. The van der Waals surface area contributed by atoms with E-state index in [0.717, 1.165) is 18.5 Å². The van der Waals surface area contributed by atoms with E-state index >= 15 is 0 Å². The normalized spacial score (nSPS) is 12.7. The third-order valence-electron chi connectivity index (χ3n) is 2.30. The van der Waals surface area contributed by atoms with E-state index in [-0.39, 0.29) is 5.92 Å². The van der Waals surface area contributed by atoms with Crippen molar-refractivity contribution in [2.24, 2.45) is 5.92 Å². The predicted octanol–water partition coefficient (Wildman–Crippen LogP) is 1.56. The first kappa shape index (κ1) is 10.8. The fourth-order valence-corrected chi connectivity index (χ4v) is 1.22. The van der Waals surface area contributed by atoms with E-state index in [0.29, 0.717) is 6.42 Å². The summed E-state index contributed by atoms with van der Waals surface area (Å²) in [5.74, 6) is -1.01. The predicted molar refractivity (Wildman–Crippen MR) is 53.0 cm³/mol. The zero-order chi connectivity index (χ0) is 10.6. The van der Waals surface area contributed by atoms with Gasteiger partial charge < -0.3 is 5.11 Å². The Morgan fingerprint density at radius 1 is 1.71 bits per heavy atom. The number of nitrogens with zero attached hydrogens (tertiary/aromatic N) is 2. The quantitative estimate of drug-likeness (QED) is 0.777. The van der Waals surface area contributed by atoms with Crippen LogP contribution in [-0.4, -0.2) is 20.9 Å². The van der Waals surface area contributed by atoms with E-state index < -0.39 is 5.97 Å². The molecule has 0 radical (unpaired) electrons. The number of rotatable bonds is 5. The first-order valence-electron chi connectivity index (χ1n) is 4.87. The summed E-state index contributed by atoms with van der Waals surface area (Å²) >= 11 is 0. The Hall–Kier alpha value is -1.32. The Labute approximate surface area is 83.5 Å². The average Bonchev–Trinajstić information content (AvgIpc) is 2.61. The topological polar surface area (TPSA) is 55.1 Å². The van der Waals surface area contributed by atoms with Crippen molar-refractivity contribution < 1.29 is 9.90 Å². The van der Waals surface area contributed by atoms with Gasteiger partial charge in [0.1, 0.15) is 0 Å². The summed E-state index contributed by atoms with van der Waals surface area (Å²) in [6, 6.07) is 0. The van der Waals surface area contributed by atoms with Gasteiger partial charge in [0.05, 0.1) is 12.1 Å². The average molecular weight is 196 g/mol. The highest BCUT2D eigenvalue weighted by molar-refractivity contribution is 5.69. The third-order valence-corrected chi connectivity index (χ3v) is 2.30. The molecular weight excluding hydrogens is 180 g/mol. The number of carbonyl (C=O) groups is 1. The Morgan fingerprint density at radius 2 is 2.43 bits per heavy atom. The Bertz CT molecular complexity index is 307. The van der Waals surface area contributed by atoms with Crippen LogP contribution in [0.15, 0.2) is 12.4 Å². The van der Waals surface area contributed by atoms with Crippen LogP contribution in [0.3, 0.4) is 0 Å². The number of aliphatic carboxylic acids is 1. The van der Waals surface area contributed by atoms with Crippen LogP contribution < -0.4 is 0 Å². The summed E-state index contributed by atoms with van der Waals surface area (Å²) in [4.78, 5) is 10.6. The van der Waals surface area contributed by atoms with Gasteiger partial charge in [0.2, 0.25) is 0 Å². The first-order chi connectivity index (χ1) is 6.63. The van der Waals surface area contributed by atoms with Crippen molar-refractivity contribution in [1.82, 2.24) is 9.78 Å². The molecule has 0 aliphatic carbocycles. The molecule has 78 valence electrons. The van der Waals surface area contributed by atoms with Gasteiger partial charge in [-0.25, -0.2) is 0 Å². The van der Waals surface area contributed by atoms with Crippen molar-refractivity contribution in [3.05, 3.63) is 18.0 Å². The molecule has 1 aromatic rings. The highest BCUT2D eigenvalue weighted by Crippen LogP contribution is 2.08. The lowest BCUT2D eigenvalue weighted by Crippen LogP contribution is -2.09. The summed E-state index contributed by atoms with van der Waals surface area (Å²) in [6.45, 7) is 4.61. The van der Waals surface area contributed by atoms with Gasteiger partial charge in [-0.05, 0) is 25.3 Å². The lowest BCUT2D eigenvalue weighted by Gasteiger charge is -2.03. The fourth-order valence-electron chi connectivity index (χ4n) is 1.22. The van der Waals surface area contributed by atoms with Gasteiger partial charge in [0.15, 0.2) is 0 Å². The fraction of sp³-hybridized carbons (Fsp3) is 0.600. The van der Waals surface area contributed by atoms with Gasteiger partial charge >= 0.3 is 5.97 Å². The van der Waals surface area contributed by atoms with Crippen molar-refractivity contribution in [2.75, 3.05) is 0 Å². The van der Waals surface area contributed by atoms with Gasteiger partial charge in [-0.2, -0.15) is 5.10 Å². The highest BCUT2D eigenvalue weighted by Gasteiger charge is 2.10. The number of aryl methyl sites for hydroxylation is 2. The van der Waals surface area contributed by atoms with Crippen LogP contribution in [0.1, 0.15) is 25.8 Å². The zero-order valence-corrected chi connectivity index (χ0v) is 8.60. The standard InChI is InChI=1S/C10H16N2O2/c1-3-12-7-9(6-11-12)5-4-8(2)10(13)14/h6-8H,3-5H2,1-2H3,(H,13,14). The van der Waals surface area contributed by atoms with Crippen LogP contribution in [-0.2, 0) is 17.8 Å². The maximum atomic E-state index is 10.6. The van der Waals surface area contributed by atoms with Crippen LogP contribution >= 0.6 is 0 Å². The minimum atomic E-state index is -0.729. The molecule has 0 aliphatic rings. The molecule has 1 atom stereocenters. The summed E-state index contributed by atoms with van der Waals surface area (Å²) in [7, 11) is 0. The molecule has 1 N–H and O–H groups in total. The molecule has 0 spiro atoms. The van der Waals surface area contributed by atoms with Gasteiger partial charge in [-0.3, -0.25) is 9.48 Å². The molecule has 1 aromatic heterocycles. The van der Waals surface area contributed by atoms with Crippen LogP contribution in [0, 0.1) is 5.92 Å². The molecule has 14 heavy (non-hydrogen) atoms. The van der Waals surface area contributed by atoms with E-state index in [4.69, 9.17) is 5.11 Å². The lowest BCUT2D eigenvalue weighted by molar-refractivity contribution is -0.141. The SMILES string of the molecule is CCn1cc(CCC(C)C(=O)O)cn1. The van der Waals surface area contributed by atoms with E-state index in [2.05, 4.69) is 5.10 Å². The summed E-state index contributed by atoms with van der Waals surface area (Å²) < 4.78 is 1.85. The molecule has 0 aliphatic heterocycles. The molecule has 1 heterocycles. The molecular formula is C10H16N2O2. The van der Waals surface area contributed by atoms with Crippen LogP contribution in [0.25, 0.3) is 0 Å². The molecule has 1 unspecified atom stereocenters. The molecule has 0 fully saturated rings. The van der Waals surface area contributed by atoms with Crippen molar-refractivity contribution in [3.8, 4) is 0 Å². The van der Waals surface area contributed by atoms with Gasteiger partial charge in [-0.1, -0.05) is 6.92 Å². The van der Waals surface area contributed by atoms with Crippen molar-refractivity contribution >= 4 is 5.97 Å². The number of aromatic nitrogens is 2. The van der Waals surface area contributed by atoms with E-state index in [1.54, 1.807) is 13.1 Å². The summed E-state index contributed by atoms with van der Waals surface area (Å²) in [5.41, 5.74) is 1.11. The Morgan fingerprint density at radius 3 is 2.93 bits per heavy atom. The van der Waals surface area contributed by atoms with Crippen molar-refractivity contribution in [2.45, 2.75) is 33.2 Å². The van der Waals surface area contributed by atoms with E-state index in [1.165, 1.54) is 0 Å². The second-order valence-electron chi connectivity index (χ2n) is 3.48. The van der Waals surface area contributed by atoms with Crippen molar-refractivity contribution in [3.63, 3.8) is 0 Å². The third kappa shape index (κ3) is 2.87. The molecule has 4 nitrogen and oxygen atoms in total. The first-order valence-corrected chi connectivity index (χ1v) is 4.87. The van der Waals surface area contributed by atoms with E-state index in [1.807, 2.05) is 17.8 Å². The van der Waals surface area contributed by atoms with Crippen molar-refractivity contribution in [1.29, 1.82) is 0 Å². The second kappa shape index (κ2) is 4.79. The summed E-state index contributed by atoms with van der Waals surface area (Å²) in [5, 5.41) is 12.8. The van der Waals surface area contributed by atoms with Crippen LogP contribution in [0.4, 0.5) is 0 Å². The van der Waals surface area contributed by atoms with E-state index in [9.17, 15) is 4.79 Å². The molecule has 0 saturated heterocycles. The van der Waals surface area contributed by atoms with Crippen LogP contribution in [0.2, 0.25) is 0 Å².